The molecule has 5 heteroatoms. The van der Waals surface area contributed by atoms with E-state index in [1.54, 1.807) is 6.20 Å². The van der Waals surface area contributed by atoms with Crippen molar-refractivity contribution in [2.75, 3.05) is 38.1 Å². The molecule has 3 rings (SSSR count). The first kappa shape index (κ1) is 14.5. The summed E-state index contributed by atoms with van der Waals surface area (Å²) in [5.74, 6) is 0.881. The summed E-state index contributed by atoms with van der Waals surface area (Å²) in [6.07, 6.45) is 1.67. The van der Waals surface area contributed by atoms with Gasteiger partial charge in [-0.05, 0) is 24.3 Å². The van der Waals surface area contributed by atoms with E-state index < -0.39 is 0 Å². The average molecular weight is 296 g/mol. The first-order valence-corrected chi connectivity index (χ1v) is 7.50. The summed E-state index contributed by atoms with van der Waals surface area (Å²) in [5.41, 5.74) is 1.71. The van der Waals surface area contributed by atoms with Crippen LogP contribution in [-0.2, 0) is 0 Å². The summed E-state index contributed by atoms with van der Waals surface area (Å²) < 4.78 is 0. The van der Waals surface area contributed by atoms with Gasteiger partial charge in [-0.2, -0.15) is 0 Å². The third-order valence-corrected chi connectivity index (χ3v) is 3.89. The smallest absolute Gasteiger partial charge is 0.255 e. The zero-order valence-electron chi connectivity index (χ0n) is 12.7. The summed E-state index contributed by atoms with van der Waals surface area (Å²) in [6, 6.07) is 13.8. The van der Waals surface area contributed by atoms with Crippen molar-refractivity contribution in [3.8, 4) is 0 Å². The number of amides is 1. The lowest BCUT2D eigenvalue weighted by molar-refractivity contribution is 0.0735. The third-order valence-electron chi connectivity index (χ3n) is 3.89. The highest BCUT2D eigenvalue weighted by Gasteiger charge is 2.18. The van der Waals surface area contributed by atoms with Crippen molar-refractivity contribution in [1.82, 2.24) is 15.2 Å². The molecule has 0 spiro atoms. The van der Waals surface area contributed by atoms with E-state index in [1.807, 2.05) is 59.3 Å². The summed E-state index contributed by atoms with van der Waals surface area (Å²) in [7, 11) is 1.97. The molecule has 1 aromatic heterocycles. The van der Waals surface area contributed by atoms with Crippen LogP contribution >= 0.6 is 0 Å². The second kappa shape index (κ2) is 6.58. The molecule has 1 saturated heterocycles. The molecule has 1 amide bonds. The molecule has 1 N–H and O–H groups in total. The number of anilines is 2. The van der Waals surface area contributed by atoms with Crippen molar-refractivity contribution < 1.29 is 4.79 Å². The van der Waals surface area contributed by atoms with Gasteiger partial charge in [-0.1, -0.05) is 18.2 Å². The van der Waals surface area contributed by atoms with E-state index >= 15 is 0 Å². The Morgan fingerprint density at radius 1 is 1.14 bits per heavy atom. The Balaban J connectivity index is 1.73. The Kier molecular flexibility index (Phi) is 4.34. The predicted octanol–water partition coefficient (Wildman–Crippen LogP) is 1.89. The lowest BCUT2D eigenvalue weighted by atomic mass is 10.2. The van der Waals surface area contributed by atoms with Gasteiger partial charge >= 0.3 is 0 Å². The Morgan fingerprint density at radius 3 is 2.50 bits per heavy atom. The highest BCUT2D eigenvalue weighted by molar-refractivity contribution is 5.94. The molecular formula is C17H20N4O. The van der Waals surface area contributed by atoms with Crippen LogP contribution in [0.2, 0.25) is 0 Å². The molecule has 0 bridgehead atoms. The van der Waals surface area contributed by atoms with Crippen LogP contribution in [0.3, 0.4) is 0 Å². The summed E-state index contributed by atoms with van der Waals surface area (Å²) in [4.78, 5) is 20.7. The molecule has 1 fully saturated rings. The molecule has 2 aromatic rings. The number of aromatic nitrogens is 1. The molecule has 1 aromatic carbocycles. The van der Waals surface area contributed by atoms with Gasteiger partial charge in [-0.3, -0.25) is 4.79 Å². The normalized spacial score (nSPS) is 14.7. The molecule has 2 heterocycles. The molecule has 0 unspecified atom stereocenters. The number of piperazine rings is 1. The third kappa shape index (κ3) is 3.09. The number of carbonyl (C=O) groups excluding carboxylic acids is 1. The fraction of sp³-hybridized carbons (Fsp3) is 0.294. The first-order valence-electron chi connectivity index (χ1n) is 7.50. The van der Waals surface area contributed by atoms with Crippen LogP contribution in [0.25, 0.3) is 0 Å². The van der Waals surface area contributed by atoms with Crippen LogP contribution in [0, 0.1) is 0 Å². The van der Waals surface area contributed by atoms with E-state index in [0.717, 1.165) is 37.7 Å². The van der Waals surface area contributed by atoms with E-state index in [1.165, 1.54) is 0 Å². The zero-order valence-corrected chi connectivity index (χ0v) is 12.7. The first-order chi connectivity index (χ1) is 10.8. The second-order valence-corrected chi connectivity index (χ2v) is 5.34. The Morgan fingerprint density at radius 2 is 1.86 bits per heavy atom. The topological polar surface area (TPSA) is 48.5 Å². The zero-order chi connectivity index (χ0) is 15.4. The SMILES string of the molecule is CN(c1ccccc1)c1ccc(C(=O)N2CCNCC2)cn1. The monoisotopic (exact) mass is 296 g/mol. The predicted molar refractivity (Wildman–Crippen MR) is 87.5 cm³/mol. The van der Waals surface area contributed by atoms with Gasteiger partial charge in [-0.15, -0.1) is 0 Å². The molecule has 1 aliphatic rings. The van der Waals surface area contributed by atoms with Crippen LogP contribution in [0.5, 0.6) is 0 Å². The minimum absolute atomic E-state index is 0.0583. The fourth-order valence-electron chi connectivity index (χ4n) is 2.55. The average Bonchev–Trinajstić information content (AvgIpc) is 2.62. The fourth-order valence-corrected chi connectivity index (χ4v) is 2.55. The Bertz CT molecular complexity index is 621. The van der Waals surface area contributed by atoms with E-state index in [2.05, 4.69) is 10.3 Å². The molecule has 22 heavy (non-hydrogen) atoms. The number of para-hydroxylation sites is 1. The maximum Gasteiger partial charge on any atom is 0.255 e. The standard InChI is InChI=1S/C17H20N4O/c1-20(15-5-3-2-4-6-15)16-8-7-14(13-19-16)17(22)21-11-9-18-10-12-21/h2-8,13,18H,9-12H2,1H3. The van der Waals surface area contributed by atoms with Gasteiger partial charge in [0.25, 0.3) is 5.91 Å². The number of pyridine rings is 1. The van der Waals surface area contributed by atoms with E-state index in [9.17, 15) is 4.79 Å². The number of rotatable bonds is 3. The molecule has 5 nitrogen and oxygen atoms in total. The number of carbonyl (C=O) groups is 1. The molecule has 0 atom stereocenters. The van der Waals surface area contributed by atoms with E-state index in [4.69, 9.17) is 0 Å². The molecule has 0 aliphatic carbocycles. The molecule has 1 aliphatic heterocycles. The number of nitrogens with one attached hydrogen (secondary N) is 1. The second-order valence-electron chi connectivity index (χ2n) is 5.34. The molecule has 0 radical (unpaired) electrons. The van der Waals surface area contributed by atoms with Gasteiger partial charge < -0.3 is 15.1 Å². The minimum Gasteiger partial charge on any atom is -0.336 e. The Hall–Kier alpha value is -2.40. The van der Waals surface area contributed by atoms with Crippen molar-refractivity contribution >= 4 is 17.4 Å². The number of benzene rings is 1. The van der Waals surface area contributed by atoms with Crippen molar-refractivity contribution in [1.29, 1.82) is 0 Å². The van der Waals surface area contributed by atoms with Crippen LogP contribution in [0.1, 0.15) is 10.4 Å². The summed E-state index contributed by atoms with van der Waals surface area (Å²) >= 11 is 0. The summed E-state index contributed by atoms with van der Waals surface area (Å²) in [5, 5.41) is 3.25. The number of hydrogen-bond acceptors (Lipinski definition) is 4. The van der Waals surface area contributed by atoms with Gasteiger partial charge in [0.05, 0.1) is 5.56 Å². The van der Waals surface area contributed by atoms with E-state index in [0.29, 0.717) is 5.56 Å². The van der Waals surface area contributed by atoms with Crippen molar-refractivity contribution in [3.05, 3.63) is 54.2 Å². The molecular weight excluding hydrogens is 276 g/mol. The van der Waals surface area contributed by atoms with Gasteiger partial charge in [0.2, 0.25) is 0 Å². The lowest BCUT2D eigenvalue weighted by Crippen LogP contribution is -2.46. The minimum atomic E-state index is 0.0583. The number of hydrogen-bond donors (Lipinski definition) is 1. The quantitative estimate of drug-likeness (QED) is 0.940. The lowest BCUT2D eigenvalue weighted by Gasteiger charge is -2.27. The van der Waals surface area contributed by atoms with Crippen LogP contribution in [-0.4, -0.2) is 49.0 Å². The Labute approximate surface area is 130 Å². The maximum absolute atomic E-state index is 12.4. The van der Waals surface area contributed by atoms with Crippen LogP contribution in [0.15, 0.2) is 48.7 Å². The highest BCUT2D eigenvalue weighted by Crippen LogP contribution is 2.21. The maximum atomic E-state index is 12.4. The van der Waals surface area contributed by atoms with Gasteiger partial charge in [0.15, 0.2) is 0 Å². The van der Waals surface area contributed by atoms with Crippen LogP contribution in [0.4, 0.5) is 11.5 Å². The van der Waals surface area contributed by atoms with Crippen LogP contribution < -0.4 is 10.2 Å². The number of nitrogens with zero attached hydrogens (tertiary/aromatic N) is 3. The largest absolute Gasteiger partial charge is 0.336 e. The van der Waals surface area contributed by atoms with Gasteiger partial charge in [-0.25, -0.2) is 4.98 Å². The van der Waals surface area contributed by atoms with Crippen molar-refractivity contribution in [2.24, 2.45) is 0 Å². The summed E-state index contributed by atoms with van der Waals surface area (Å²) in [6.45, 7) is 3.22. The van der Waals surface area contributed by atoms with Gasteiger partial charge in [0, 0.05) is 45.1 Å². The van der Waals surface area contributed by atoms with Crippen molar-refractivity contribution in [3.63, 3.8) is 0 Å². The van der Waals surface area contributed by atoms with Gasteiger partial charge in [0.1, 0.15) is 5.82 Å². The van der Waals surface area contributed by atoms with Crippen molar-refractivity contribution in [2.45, 2.75) is 0 Å². The van der Waals surface area contributed by atoms with E-state index in [-0.39, 0.29) is 5.91 Å². The molecule has 0 saturated carbocycles. The highest BCUT2D eigenvalue weighted by atomic mass is 16.2. The molecule has 114 valence electrons.